The minimum absolute atomic E-state index is 0.0548. The van der Waals surface area contributed by atoms with Gasteiger partial charge in [-0.3, -0.25) is 14.4 Å². The number of phenols is 2. The summed E-state index contributed by atoms with van der Waals surface area (Å²) >= 11 is 0. The van der Waals surface area contributed by atoms with Gasteiger partial charge in [-0.15, -0.1) is 0 Å². The van der Waals surface area contributed by atoms with Crippen molar-refractivity contribution in [1.82, 2.24) is 10.6 Å². The highest BCUT2D eigenvalue weighted by molar-refractivity contribution is 5.92. The zero-order valence-electron chi connectivity index (χ0n) is 16.4. The smallest absolute Gasteiger partial charge is 0.325 e. The summed E-state index contributed by atoms with van der Waals surface area (Å²) in [6.45, 7) is 1.32. The van der Waals surface area contributed by atoms with Crippen LogP contribution in [0.1, 0.15) is 18.1 Å². The molecule has 0 radical (unpaired) electrons. The number of phenolic OH excluding ortho intramolecular Hbond substituents is 2. The Morgan fingerprint density at radius 3 is 1.77 bits per heavy atom. The van der Waals surface area contributed by atoms with Crippen molar-refractivity contribution in [3.05, 3.63) is 59.7 Å². The SMILES string of the molecule is CC(NC(=O)C(Cc1ccc(O)cc1)NC(=O)C(N)Cc1ccc(O)cc1)C(=O)O. The summed E-state index contributed by atoms with van der Waals surface area (Å²) < 4.78 is 0. The average molecular weight is 415 g/mol. The van der Waals surface area contributed by atoms with E-state index in [1.807, 2.05) is 0 Å². The van der Waals surface area contributed by atoms with E-state index in [1.165, 1.54) is 31.2 Å². The summed E-state index contributed by atoms with van der Waals surface area (Å²) in [5.74, 6) is -2.30. The lowest BCUT2D eigenvalue weighted by atomic mass is 10.0. The van der Waals surface area contributed by atoms with Gasteiger partial charge in [0.25, 0.3) is 0 Å². The van der Waals surface area contributed by atoms with Crippen LogP contribution in [0.15, 0.2) is 48.5 Å². The molecular weight excluding hydrogens is 390 g/mol. The molecule has 2 rings (SSSR count). The highest BCUT2D eigenvalue weighted by Crippen LogP contribution is 2.13. The van der Waals surface area contributed by atoms with Gasteiger partial charge in [0.1, 0.15) is 23.6 Å². The molecule has 7 N–H and O–H groups in total. The second-order valence-corrected chi connectivity index (χ2v) is 6.98. The molecule has 0 aromatic heterocycles. The number of nitrogens with two attached hydrogens (primary N) is 1. The minimum atomic E-state index is -1.21. The van der Waals surface area contributed by atoms with Crippen LogP contribution in [0.5, 0.6) is 11.5 Å². The Morgan fingerprint density at radius 1 is 0.833 bits per heavy atom. The number of aliphatic carboxylic acids is 1. The molecule has 0 heterocycles. The van der Waals surface area contributed by atoms with Gasteiger partial charge in [0.05, 0.1) is 6.04 Å². The van der Waals surface area contributed by atoms with Gasteiger partial charge in [-0.2, -0.15) is 0 Å². The van der Waals surface area contributed by atoms with E-state index in [-0.39, 0.29) is 24.3 Å². The number of carboxylic acids is 1. The first-order valence-corrected chi connectivity index (χ1v) is 9.30. The average Bonchev–Trinajstić information content (AvgIpc) is 2.70. The molecular formula is C21H25N3O6. The second kappa shape index (κ2) is 10.3. The third-order valence-corrected chi connectivity index (χ3v) is 4.47. The molecule has 0 saturated heterocycles. The normalized spacial score (nSPS) is 13.7. The van der Waals surface area contributed by atoms with E-state index in [2.05, 4.69) is 10.6 Å². The van der Waals surface area contributed by atoms with Gasteiger partial charge >= 0.3 is 5.97 Å². The van der Waals surface area contributed by atoms with Crippen molar-refractivity contribution < 1.29 is 29.7 Å². The first-order chi connectivity index (χ1) is 14.2. The van der Waals surface area contributed by atoms with E-state index >= 15 is 0 Å². The van der Waals surface area contributed by atoms with E-state index in [0.29, 0.717) is 5.56 Å². The molecule has 0 aliphatic rings. The molecule has 2 amide bonds. The highest BCUT2D eigenvalue weighted by Gasteiger charge is 2.26. The summed E-state index contributed by atoms with van der Waals surface area (Å²) in [4.78, 5) is 36.2. The van der Waals surface area contributed by atoms with Crippen LogP contribution in [-0.2, 0) is 27.2 Å². The van der Waals surface area contributed by atoms with Gasteiger partial charge in [0.2, 0.25) is 11.8 Å². The van der Waals surface area contributed by atoms with Gasteiger partial charge in [0.15, 0.2) is 0 Å². The van der Waals surface area contributed by atoms with E-state index in [1.54, 1.807) is 24.3 Å². The molecule has 9 nitrogen and oxygen atoms in total. The number of hydrogen-bond acceptors (Lipinski definition) is 6. The van der Waals surface area contributed by atoms with Gasteiger partial charge < -0.3 is 31.7 Å². The molecule has 160 valence electrons. The standard InChI is InChI=1S/C21H25N3O6/c1-12(21(29)30)23-20(28)18(11-14-4-8-16(26)9-5-14)24-19(27)17(22)10-13-2-6-15(25)7-3-13/h2-9,12,17-18,25-26H,10-11,22H2,1H3,(H,23,28)(H,24,27)(H,29,30). The van der Waals surface area contributed by atoms with Gasteiger partial charge in [-0.1, -0.05) is 24.3 Å². The lowest BCUT2D eigenvalue weighted by Gasteiger charge is -2.22. The molecule has 2 aromatic rings. The molecule has 0 saturated carbocycles. The highest BCUT2D eigenvalue weighted by atomic mass is 16.4. The predicted octanol–water partition coefficient (Wildman–Crippen LogP) is 0.284. The number of carbonyl (C=O) groups excluding carboxylic acids is 2. The van der Waals surface area contributed by atoms with Crippen molar-refractivity contribution in [3.63, 3.8) is 0 Å². The van der Waals surface area contributed by atoms with Crippen LogP contribution >= 0.6 is 0 Å². The Hall–Kier alpha value is -3.59. The van der Waals surface area contributed by atoms with Gasteiger partial charge in [-0.05, 0) is 48.7 Å². The maximum Gasteiger partial charge on any atom is 0.325 e. The van der Waals surface area contributed by atoms with Crippen molar-refractivity contribution >= 4 is 17.8 Å². The topological polar surface area (TPSA) is 162 Å². The zero-order valence-corrected chi connectivity index (χ0v) is 16.4. The molecule has 0 bridgehead atoms. The Balaban J connectivity index is 2.10. The first kappa shape index (κ1) is 22.7. The Bertz CT molecular complexity index is 883. The van der Waals surface area contributed by atoms with Crippen LogP contribution < -0.4 is 16.4 Å². The quantitative estimate of drug-likeness (QED) is 0.343. The fourth-order valence-corrected chi connectivity index (χ4v) is 2.71. The van der Waals surface area contributed by atoms with Crippen molar-refractivity contribution in [3.8, 4) is 11.5 Å². The zero-order chi connectivity index (χ0) is 22.3. The van der Waals surface area contributed by atoms with Crippen molar-refractivity contribution in [1.29, 1.82) is 0 Å². The van der Waals surface area contributed by atoms with E-state index < -0.39 is 35.9 Å². The van der Waals surface area contributed by atoms with E-state index in [9.17, 15) is 24.6 Å². The van der Waals surface area contributed by atoms with Crippen LogP contribution in [0.4, 0.5) is 0 Å². The number of aromatic hydroxyl groups is 2. The fraction of sp³-hybridized carbons (Fsp3) is 0.286. The molecule has 2 aromatic carbocycles. The van der Waals surface area contributed by atoms with Crippen LogP contribution in [0.25, 0.3) is 0 Å². The third kappa shape index (κ3) is 6.78. The molecule has 0 aliphatic heterocycles. The van der Waals surface area contributed by atoms with Crippen LogP contribution in [-0.4, -0.2) is 51.2 Å². The minimum Gasteiger partial charge on any atom is -0.508 e. The number of carboxylic acid groups (broad SMARTS) is 1. The second-order valence-electron chi connectivity index (χ2n) is 6.98. The summed E-state index contributed by atoms with van der Waals surface area (Å²) in [6.07, 6.45) is 0.265. The maximum atomic E-state index is 12.6. The largest absolute Gasteiger partial charge is 0.508 e. The van der Waals surface area contributed by atoms with E-state index in [0.717, 1.165) is 5.56 Å². The van der Waals surface area contributed by atoms with Crippen molar-refractivity contribution in [2.24, 2.45) is 5.73 Å². The molecule has 0 aliphatic carbocycles. The van der Waals surface area contributed by atoms with Crippen LogP contribution in [0, 0.1) is 0 Å². The lowest BCUT2D eigenvalue weighted by molar-refractivity contribution is -0.141. The van der Waals surface area contributed by atoms with Crippen LogP contribution in [0.2, 0.25) is 0 Å². The molecule has 0 spiro atoms. The monoisotopic (exact) mass is 415 g/mol. The molecule has 9 heteroatoms. The number of carbonyl (C=O) groups is 3. The lowest BCUT2D eigenvalue weighted by Crippen LogP contribution is -2.55. The molecule has 3 unspecified atom stereocenters. The Labute approximate surface area is 173 Å². The fourth-order valence-electron chi connectivity index (χ4n) is 2.71. The van der Waals surface area contributed by atoms with Crippen molar-refractivity contribution in [2.75, 3.05) is 0 Å². The molecule has 3 atom stereocenters. The Kier molecular flexibility index (Phi) is 7.76. The maximum absolute atomic E-state index is 12.6. The van der Waals surface area contributed by atoms with Gasteiger partial charge in [-0.25, -0.2) is 0 Å². The summed E-state index contributed by atoms with van der Waals surface area (Å²) in [5, 5.41) is 32.7. The number of benzene rings is 2. The van der Waals surface area contributed by atoms with Crippen molar-refractivity contribution in [2.45, 2.75) is 37.9 Å². The number of rotatable bonds is 9. The third-order valence-electron chi connectivity index (χ3n) is 4.47. The number of nitrogens with one attached hydrogen (secondary N) is 2. The summed E-state index contributed by atoms with van der Waals surface area (Å²) in [6, 6.07) is 9.17. The molecule has 0 fully saturated rings. The van der Waals surface area contributed by atoms with Gasteiger partial charge in [0, 0.05) is 6.42 Å². The first-order valence-electron chi connectivity index (χ1n) is 9.30. The van der Waals surface area contributed by atoms with E-state index in [4.69, 9.17) is 10.8 Å². The Morgan fingerprint density at radius 2 is 1.30 bits per heavy atom. The number of hydrogen-bond donors (Lipinski definition) is 6. The summed E-state index contributed by atoms with van der Waals surface area (Å²) in [7, 11) is 0. The molecule has 30 heavy (non-hydrogen) atoms. The van der Waals surface area contributed by atoms with Crippen LogP contribution in [0.3, 0.4) is 0 Å². The predicted molar refractivity (Wildman–Crippen MR) is 109 cm³/mol. The number of amides is 2. The summed E-state index contributed by atoms with van der Waals surface area (Å²) in [5.41, 5.74) is 7.35.